The van der Waals surface area contributed by atoms with Crippen LogP contribution in [0.2, 0.25) is 0 Å². The van der Waals surface area contributed by atoms with Crippen LogP contribution >= 0.6 is 39.0 Å². The molecule has 2 rings (SSSR count). The van der Waals surface area contributed by atoms with Gasteiger partial charge in [-0.15, -0.1) is 10.2 Å². The Labute approximate surface area is 151 Å². The normalized spacial score (nSPS) is 10.4. The molecule has 6 nitrogen and oxygen atoms in total. The number of rotatable bonds is 7. The van der Waals surface area contributed by atoms with E-state index in [1.807, 2.05) is 6.92 Å². The minimum absolute atomic E-state index is 0.165. The van der Waals surface area contributed by atoms with E-state index in [0.717, 1.165) is 20.1 Å². The summed E-state index contributed by atoms with van der Waals surface area (Å²) >= 11 is 6.41. The molecule has 0 bridgehead atoms. The molecule has 23 heavy (non-hydrogen) atoms. The molecule has 1 heterocycles. The molecule has 0 fully saturated rings. The molecular weight excluding hydrogens is 402 g/mol. The average molecular weight is 418 g/mol. The number of ether oxygens (including phenoxy) is 2. The number of carbonyl (C=O) groups is 1. The van der Waals surface area contributed by atoms with E-state index in [1.54, 1.807) is 38.1 Å². The van der Waals surface area contributed by atoms with Crippen LogP contribution in [0, 0.1) is 0 Å². The van der Waals surface area contributed by atoms with E-state index >= 15 is 0 Å². The van der Waals surface area contributed by atoms with Crippen LogP contribution in [-0.4, -0.2) is 36.1 Å². The SMILES string of the molecule is CCSc1nnc(NC(=O)Cc2cc(OC)c(OC)cc2Br)s1. The van der Waals surface area contributed by atoms with Gasteiger partial charge in [0.05, 0.1) is 20.6 Å². The molecule has 0 radical (unpaired) electrons. The summed E-state index contributed by atoms with van der Waals surface area (Å²) in [4.78, 5) is 12.2. The molecule has 1 amide bonds. The van der Waals surface area contributed by atoms with Gasteiger partial charge in [0.1, 0.15) is 0 Å². The van der Waals surface area contributed by atoms with Crippen molar-refractivity contribution in [2.45, 2.75) is 17.7 Å². The van der Waals surface area contributed by atoms with Crippen LogP contribution < -0.4 is 14.8 Å². The van der Waals surface area contributed by atoms with Gasteiger partial charge in [-0.05, 0) is 23.4 Å². The van der Waals surface area contributed by atoms with Crippen molar-refractivity contribution in [3.63, 3.8) is 0 Å². The fraction of sp³-hybridized carbons (Fsp3) is 0.357. The van der Waals surface area contributed by atoms with E-state index in [0.29, 0.717) is 16.6 Å². The maximum Gasteiger partial charge on any atom is 0.230 e. The maximum atomic E-state index is 12.2. The highest BCUT2D eigenvalue weighted by molar-refractivity contribution is 9.10. The number of nitrogens with one attached hydrogen (secondary N) is 1. The van der Waals surface area contributed by atoms with Crippen molar-refractivity contribution in [1.29, 1.82) is 0 Å². The second-order valence-electron chi connectivity index (χ2n) is 4.33. The Bertz CT molecular complexity index is 694. The Kier molecular flexibility index (Phi) is 6.67. The summed E-state index contributed by atoms with van der Waals surface area (Å²) in [5.41, 5.74) is 0.799. The van der Waals surface area contributed by atoms with Crippen molar-refractivity contribution in [1.82, 2.24) is 10.2 Å². The summed E-state index contributed by atoms with van der Waals surface area (Å²) in [7, 11) is 3.13. The number of thioether (sulfide) groups is 1. The van der Waals surface area contributed by atoms with Gasteiger partial charge >= 0.3 is 0 Å². The number of anilines is 1. The predicted molar refractivity (Wildman–Crippen MR) is 95.9 cm³/mol. The first-order valence-corrected chi connectivity index (χ1v) is 9.33. The molecular formula is C14H16BrN3O3S2. The molecule has 0 aliphatic carbocycles. The number of hydrogen-bond acceptors (Lipinski definition) is 7. The van der Waals surface area contributed by atoms with Crippen LogP contribution in [-0.2, 0) is 11.2 Å². The summed E-state index contributed by atoms with van der Waals surface area (Å²) in [5.74, 6) is 1.94. The van der Waals surface area contributed by atoms with Gasteiger partial charge in [-0.3, -0.25) is 4.79 Å². The molecule has 124 valence electrons. The number of halogens is 1. The number of carbonyl (C=O) groups excluding carboxylic acids is 1. The van der Waals surface area contributed by atoms with Crippen molar-refractivity contribution in [2.75, 3.05) is 25.3 Å². The number of methoxy groups -OCH3 is 2. The lowest BCUT2D eigenvalue weighted by molar-refractivity contribution is -0.115. The molecule has 0 atom stereocenters. The molecule has 0 aliphatic rings. The lowest BCUT2D eigenvalue weighted by Crippen LogP contribution is -2.14. The average Bonchev–Trinajstić information content (AvgIpc) is 2.96. The largest absolute Gasteiger partial charge is 0.493 e. The number of aromatic nitrogens is 2. The van der Waals surface area contributed by atoms with Crippen molar-refractivity contribution >= 4 is 50.1 Å². The van der Waals surface area contributed by atoms with E-state index in [4.69, 9.17) is 9.47 Å². The summed E-state index contributed by atoms with van der Waals surface area (Å²) < 4.78 is 12.1. The van der Waals surface area contributed by atoms with E-state index in [2.05, 4.69) is 31.4 Å². The predicted octanol–water partition coefficient (Wildman–Crippen LogP) is 3.61. The number of hydrogen-bond donors (Lipinski definition) is 1. The van der Waals surface area contributed by atoms with Gasteiger partial charge in [0, 0.05) is 4.47 Å². The Hall–Kier alpha value is -1.32. The molecule has 0 spiro atoms. The third-order valence-corrected chi connectivity index (χ3v) is 5.42. The summed E-state index contributed by atoms with van der Waals surface area (Å²) in [5, 5.41) is 11.2. The van der Waals surface area contributed by atoms with E-state index in [9.17, 15) is 4.79 Å². The lowest BCUT2D eigenvalue weighted by Gasteiger charge is -2.11. The van der Waals surface area contributed by atoms with Crippen LogP contribution in [0.4, 0.5) is 5.13 Å². The number of nitrogens with zero attached hydrogens (tertiary/aromatic N) is 2. The third-order valence-electron chi connectivity index (χ3n) is 2.82. The van der Waals surface area contributed by atoms with Gasteiger partial charge in [-0.25, -0.2) is 0 Å². The highest BCUT2D eigenvalue weighted by Crippen LogP contribution is 2.33. The smallest absolute Gasteiger partial charge is 0.230 e. The number of benzene rings is 1. The van der Waals surface area contributed by atoms with Crippen LogP contribution in [0.3, 0.4) is 0 Å². The molecule has 1 N–H and O–H groups in total. The zero-order valence-corrected chi connectivity index (χ0v) is 16.1. The molecule has 0 saturated carbocycles. The summed E-state index contributed by atoms with van der Waals surface area (Å²) in [6.07, 6.45) is 0.191. The fourth-order valence-electron chi connectivity index (χ4n) is 1.81. The minimum atomic E-state index is -0.165. The van der Waals surface area contributed by atoms with E-state index in [-0.39, 0.29) is 12.3 Å². The molecule has 1 aromatic carbocycles. The second-order valence-corrected chi connectivity index (χ2v) is 7.67. The standard InChI is InChI=1S/C14H16BrN3O3S2/c1-4-22-14-18-17-13(23-14)16-12(19)6-8-5-10(20-2)11(21-3)7-9(8)15/h5,7H,4,6H2,1-3H3,(H,16,17,19). The Morgan fingerprint density at radius 1 is 1.30 bits per heavy atom. The van der Waals surface area contributed by atoms with Gasteiger partial charge in [-0.1, -0.05) is 46.0 Å². The van der Waals surface area contributed by atoms with E-state index in [1.165, 1.54) is 11.3 Å². The van der Waals surface area contributed by atoms with Gasteiger partial charge in [0.2, 0.25) is 11.0 Å². The molecule has 0 aliphatic heterocycles. The van der Waals surface area contributed by atoms with Crippen LogP contribution in [0.15, 0.2) is 20.9 Å². The first-order chi connectivity index (χ1) is 11.1. The monoisotopic (exact) mass is 417 g/mol. The fourth-order valence-corrected chi connectivity index (χ4v) is 3.94. The van der Waals surface area contributed by atoms with Crippen molar-refractivity contribution in [3.05, 3.63) is 22.2 Å². The highest BCUT2D eigenvalue weighted by Gasteiger charge is 2.14. The van der Waals surface area contributed by atoms with Gasteiger partial charge < -0.3 is 14.8 Å². The second kappa shape index (κ2) is 8.51. The molecule has 0 saturated heterocycles. The zero-order chi connectivity index (χ0) is 16.8. The lowest BCUT2D eigenvalue weighted by atomic mass is 10.1. The zero-order valence-electron chi connectivity index (χ0n) is 12.9. The molecule has 1 aromatic heterocycles. The van der Waals surface area contributed by atoms with Crippen molar-refractivity contribution < 1.29 is 14.3 Å². The molecule has 0 unspecified atom stereocenters. The Morgan fingerprint density at radius 3 is 2.65 bits per heavy atom. The molecule has 2 aromatic rings. The summed E-state index contributed by atoms with van der Waals surface area (Å²) in [6, 6.07) is 3.56. The maximum absolute atomic E-state index is 12.2. The number of amides is 1. The van der Waals surface area contributed by atoms with Gasteiger partial charge in [0.15, 0.2) is 15.8 Å². The Balaban J connectivity index is 2.07. The summed E-state index contributed by atoms with van der Waals surface area (Å²) in [6.45, 7) is 2.04. The van der Waals surface area contributed by atoms with Crippen LogP contribution in [0.25, 0.3) is 0 Å². The van der Waals surface area contributed by atoms with Crippen molar-refractivity contribution in [2.24, 2.45) is 0 Å². The molecule has 9 heteroatoms. The first-order valence-electron chi connectivity index (χ1n) is 6.74. The van der Waals surface area contributed by atoms with Gasteiger partial charge in [0.25, 0.3) is 0 Å². The van der Waals surface area contributed by atoms with Crippen LogP contribution in [0.5, 0.6) is 11.5 Å². The quantitative estimate of drug-likeness (QED) is 0.547. The highest BCUT2D eigenvalue weighted by atomic mass is 79.9. The topological polar surface area (TPSA) is 73.3 Å². The minimum Gasteiger partial charge on any atom is -0.493 e. The van der Waals surface area contributed by atoms with Crippen molar-refractivity contribution in [3.8, 4) is 11.5 Å². The third kappa shape index (κ3) is 4.82. The Morgan fingerprint density at radius 2 is 2.00 bits per heavy atom. The van der Waals surface area contributed by atoms with E-state index < -0.39 is 0 Å². The first kappa shape index (κ1) is 18.0. The van der Waals surface area contributed by atoms with Crippen LogP contribution in [0.1, 0.15) is 12.5 Å². The van der Waals surface area contributed by atoms with Gasteiger partial charge in [-0.2, -0.15) is 0 Å².